The molecule has 31 heavy (non-hydrogen) atoms. The van der Waals surface area contributed by atoms with Crippen LogP contribution in [0.4, 0.5) is 23.5 Å². The van der Waals surface area contributed by atoms with Gasteiger partial charge in [0.15, 0.2) is 0 Å². The molecule has 0 radical (unpaired) electrons. The van der Waals surface area contributed by atoms with E-state index in [0.717, 1.165) is 37.2 Å². The van der Waals surface area contributed by atoms with Crippen molar-refractivity contribution in [3.63, 3.8) is 0 Å². The zero-order valence-corrected chi connectivity index (χ0v) is 18.2. The maximum atomic E-state index is 9.49. The van der Waals surface area contributed by atoms with Crippen molar-refractivity contribution in [1.29, 1.82) is 0 Å². The fraction of sp³-hybridized carbons (Fsp3) is 0.375. The second-order valence-corrected chi connectivity index (χ2v) is 8.21. The smallest absolute Gasteiger partial charge is 0.233 e. The molecule has 0 spiro atoms. The first-order chi connectivity index (χ1) is 15.0. The molecule has 4 rings (SSSR count). The van der Waals surface area contributed by atoms with Gasteiger partial charge in [-0.3, -0.25) is 0 Å². The first kappa shape index (κ1) is 20.9. The van der Waals surface area contributed by atoms with Gasteiger partial charge in [0.25, 0.3) is 0 Å². The highest BCUT2D eigenvalue weighted by Gasteiger charge is 2.16. The molecule has 0 unspecified atom stereocenters. The van der Waals surface area contributed by atoms with Crippen LogP contribution in [0.15, 0.2) is 42.5 Å². The van der Waals surface area contributed by atoms with Gasteiger partial charge in [-0.1, -0.05) is 31.0 Å². The van der Waals surface area contributed by atoms with E-state index < -0.39 is 0 Å². The van der Waals surface area contributed by atoms with Gasteiger partial charge in [0, 0.05) is 25.3 Å². The number of phenolic OH excluding ortho intramolecular Hbond substituents is 1. The summed E-state index contributed by atoms with van der Waals surface area (Å²) in [6.45, 7) is 6.65. The minimum absolute atomic E-state index is 0.257. The molecular formula is C24H30N6O. The molecule has 2 aromatic carbocycles. The third kappa shape index (κ3) is 5.84. The fourth-order valence-electron chi connectivity index (χ4n) is 3.88. The van der Waals surface area contributed by atoms with Gasteiger partial charge in [-0.2, -0.15) is 15.0 Å². The summed E-state index contributed by atoms with van der Waals surface area (Å²) in [6, 6.07) is 13.5. The average Bonchev–Trinajstić information content (AvgIpc) is 3.02. The summed E-state index contributed by atoms with van der Waals surface area (Å²) < 4.78 is 0. The Morgan fingerprint density at radius 2 is 1.48 bits per heavy atom. The summed E-state index contributed by atoms with van der Waals surface area (Å²) in [4.78, 5) is 16.3. The number of aromatic hydroxyl groups is 1. The predicted octanol–water partition coefficient (Wildman–Crippen LogP) is 4.93. The number of phenols is 1. The summed E-state index contributed by atoms with van der Waals surface area (Å²) in [6.07, 6.45) is 4.81. The fourth-order valence-corrected chi connectivity index (χ4v) is 3.88. The van der Waals surface area contributed by atoms with Crippen molar-refractivity contribution in [1.82, 2.24) is 15.0 Å². The van der Waals surface area contributed by atoms with E-state index in [1.165, 1.54) is 24.0 Å². The number of hydrogen-bond donors (Lipinski definition) is 3. The van der Waals surface area contributed by atoms with Crippen molar-refractivity contribution in [2.75, 3.05) is 28.6 Å². The summed E-state index contributed by atoms with van der Waals surface area (Å²) in [5.74, 6) is 2.03. The third-order valence-corrected chi connectivity index (χ3v) is 5.38. The van der Waals surface area contributed by atoms with Crippen LogP contribution in [-0.2, 0) is 6.54 Å². The van der Waals surface area contributed by atoms with Crippen molar-refractivity contribution < 1.29 is 5.11 Å². The maximum absolute atomic E-state index is 9.49. The zero-order valence-electron chi connectivity index (χ0n) is 18.2. The van der Waals surface area contributed by atoms with Crippen LogP contribution in [0.2, 0.25) is 0 Å². The first-order valence-corrected chi connectivity index (χ1v) is 10.9. The molecule has 2 heterocycles. The molecule has 1 aromatic heterocycles. The normalized spacial score (nSPS) is 14.2. The van der Waals surface area contributed by atoms with E-state index in [9.17, 15) is 5.11 Å². The molecule has 0 aliphatic carbocycles. The largest absolute Gasteiger partial charge is 0.508 e. The first-order valence-electron chi connectivity index (χ1n) is 10.9. The number of aryl methyl sites for hydroxylation is 2. The molecule has 3 aromatic rings. The monoisotopic (exact) mass is 418 g/mol. The van der Waals surface area contributed by atoms with E-state index in [-0.39, 0.29) is 5.75 Å². The Kier molecular flexibility index (Phi) is 6.50. The second kappa shape index (κ2) is 9.64. The van der Waals surface area contributed by atoms with Crippen molar-refractivity contribution in [3.05, 3.63) is 59.2 Å². The molecule has 1 aliphatic heterocycles. The van der Waals surface area contributed by atoms with Crippen LogP contribution in [0, 0.1) is 13.8 Å². The lowest BCUT2D eigenvalue weighted by molar-refractivity contribution is 0.475. The van der Waals surface area contributed by atoms with Crippen LogP contribution in [-0.4, -0.2) is 33.1 Å². The quantitative estimate of drug-likeness (QED) is 0.523. The van der Waals surface area contributed by atoms with Crippen molar-refractivity contribution in [3.8, 4) is 5.75 Å². The van der Waals surface area contributed by atoms with Crippen molar-refractivity contribution >= 4 is 23.5 Å². The van der Waals surface area contributed by atoms with Crippen LogP contribution in [0.3, 0.4) is 0 Å². The number of benzene rings is 2. The summed E-state index contributed by atoms with van der Waals surface area (Å²) in [5.41, 5.74) is 4.39. The van der Waals surface area contributed by atoms with Crippen LogP contribution in [0.1, 0.15) is 42.4 Å². The maximum Gasteiger partial charge on any atom is 0.233 e. The van der Waals surface area contributed by atoms with Crippen LogP contribution >= 0.6 is 0 Å². The summed E-state index contributed by atoms with van der Waals surface area (Å²) in [7, 11) is 0. The Morgan fingerprint density at radius 1 is 0.839 bits per heavy atom. The zero-order chi connectivity index (χ0) is 21.6. The molecule has 0 atom stereocenters. The molecular weight excluding hydrogens is 388 g/mol. The molecule has 0 bridgehead atoms. The molecule has 0 saturated carbocycles. The van der Waals surface area contributed by atoms with E-state index in [0.29, 0.717) is 24.4 Å². The van der Waals surface area contributed by atoms with Gasteiger partial charge in [0.05, 0.1) is 0 Å². The SMILES string of the molecule is Cc1cc(C)cc(Nc2nc(NCc3ccc(O)cc3)nc(N3CCCCCC3)n2)c1. The van der Waals surface area contributed by atoms with E-state index in [1.807, 2.05) is 12.1 Å². The number of rotatable bonds is 6. The molecule has 1 aliphatic rings. The Balaban J connectivity index is 1.59. The number of nitrogens with zero attached hydrogens (tertiary/aromatic N) is 4. The van der Waals surface area contributed by atoms with Gasteiger partial charge in [-0.15, -0.1) is 0 Å². The molecule has 0 amide bonds. The standard InChI is InChI=1S/C24H30N6O/c1-17-13-18(2)15-20(14-17)26-23-27-22(25-16-19-7-9-21(31)10-8-19)28-24(29-23)30-11-5-3-4-6-12-30/h7-10,13-15,31H,3-6,11-12,16H2,1-2H3,(H2,25,26,27,28,29). The van der Waals surface area contributed by atoms with Crippen molar-refractivity contribution in [2.24, 2.45) is 0 Å². The summed E-state index contributed by atoms with van der Waals surface area (Å²) in [5, 5.41) is 16.2. The summed E-state index contributed by atoms with van der Waals surface area (Å²) >= 11 is 0. The minimum atomic E-state index is 0.257. The van der Waals surface area contributed by atoms with Gasteiger partial charge in [-0.25, -0.2) is 0 Å². The Bertz CT molecular complexity index is 993. The third-order valence-electron chi connectivity index (χ3n) is 5.38. The van der Waals surface area contributed by atoms with Gasteiger partial charge in [-0.05, 0) is 67.6 Å². The molecule has 1 fully saturated rings. The highest BCUT2D eigenvalue weighted by Crippen LogP contribution is 2.22. The lowest BCUT2D eigenvalue weighted by Crippen LogP contribution is -2.27. The molecule has 1 saturated heterocycles. The van der Waals surface area contributed by atoms with Crippen LogP contribution in [0.5, 0.6) is 5.75 Å². The molecule has 7 heteroatoms. The van der Waals surface area contributed by atoms with Gasteiger partial charge in [0.2, 0.25) is 17.8 Å². The minimum Gasteiger partial charge on any atom is -0.508 e. The van der Waals surface area contributed by atoms with E-state index >= 15 is 0 Å². The second-order valence-electron chi connectivity index (χ2n) is 8.21. The highest BCUT2D eigenvalue weighted by atomic mass is 16.3. The Labute approximate surface area is 183 Å². The molecule has 162 valence electrons. The number of aromatic nitrogens is 3. The number of hydrogen-bond acceptors (Lipinski definition) is 7. The van der Waals surface area contributed by atoms with Gasteiger partial charge in [0.1, 0.15) is 5.75 Å². The van der Waals surface area contributed by atoms with E-state index in [1.54, 1.807) is 12.1 Å². The topological polar surface area (TPSA) is 86.2 Å². The number of nitrogens with one attached hydrogen (secondary N) is 2. The Morgan fingerprint density at radius 3 is 2.16 bits per heavy atom. The van der Waals surface area contributed by atoms with E-state index in [2.05, 4.69) is 52.6 Å². The highest BCUT2D eigenvalue weighted by molar-refractivity contribution is 5.58. The predicted molar refractivity (Wildman–Crippen MR) is 125 cm³/mol. The van der Waals surface area contributed by atoms with Crippen LogP contribution < -0.4 is 15.5 Å². The van der Waals surface area contributed by atoms with Crippen LogP contribution in [0.25, 0.3) is 0 Å². The average molecular weight is 419 g/mol. The van der Waals surface area contributed by atoms with E-state index in [4.69, 9.17) is 9.97 Å². The molecule has 3 N–H and O–H groups in total. The lowest BCUT2D eigenvalue weighted by Gasteiger charge is -2.21. The lowest BCUT2D eigenvalue weighted by atomic mass is 10.1. The number of anilines is 4. The Hall–Kier alpha value is -3.35. The molecule has 7 nitrogen and oxygen atoms in total. The van der Waals surface area contributed by atoms with Gasteiger partial charge < -0.3 is 20.6 Å². The van der Waals surface area contributed by atoms with Gasteiger partial charge >= 0.3 is 0 Å². The van der Waals surface area contributed by atoms with Crippen molar-refractivity contribution in [2.45, 2.75) is 46.1 Å².